The molecule has 168 valence electrons. The van der Waals surface area contributed by atoms with E-state index in [4.69, 9.17) is 0 Å². The highest BCUT2D eigenvalue weighted by atomic mass is 32.2. The Morgan fingerprint density at radius 3 is 2.38 bits per heavy atom. The van der Waals surface area contributed by atoms with Crippen LogP contribution in [0.25, 0.3) is 0 Å². The maximum atomic E-state index is 12.7. The molecule has 0 radical (unpaired) electrons. The van der Waals surface area contributed by atoms with Crippen LogP contribution in [0.1, 0.15) is 34.6 Å². The van der Waals surface area contributed by atoms with Gasteiger partial charge in [-0.2, -0.15) is 4.31 Å². The number of anilines is 1. The molecule has 3 rings (SSSR count). The van der Waals surface area contributed by atoms with E-state index >= 15 is 0 Å². The fourth-order valence-corrected chi connectivity index (χ4v) is 4.91. The second-order valence-electron chi connectivity index (χ2n) is 6.82. The molecule has 0 aliphatic carbocycles. The number of nitro groups is 1. The van der Waals surface area contributed by atoms with Gasteiger partial charge < -0.3 is 5.32 Å². The number of carbonyl (C=O) groups excluding carboxylic acids is 3. The van der Waals surface area contributed by atoms with E-state index in [9.17, 15) is 32.9 Å². The summed E-state index contributed by atoms with van der Waals surface area (Å²) < 4.78 is 26.6. The topological polar surface area (TPSA) is 147 Å². The molecule has 2 aromatic carbocycles. The number of hydrogen-bond donors (Lipinski definition) is 1. The molecule has 0 unspecified atom stereocenters. The summed E-state index contributed by atoms with van der Waals surface area (Å²) in [6.45, 7) is 3.29. The van der Waals surface area contributed by atoms with Crippen LogP contribution in [-0.2, 0) is 14.8 Å². The van der Waals surface area contributed by atoms with Gasteiger partial charge in [-0.15, -0.1) is 0 Å². The van der Waals surface area contributed by atoms with Crippen LogP contribution in [0, 0.1) is 10.1 Å². The van der Waals surface area contributed by atoms with Crippen LogP contribution < -0.4 is 5.32 Å². The summed E-state index contributed by atoms with van der Waals surface area (Å²) in [6.07, 6.45) is 0. The van der Waals surface area contributed by atoms with Crippen molar-refractivity contribution in [3.63, 3.8) is 0 Å². The van der Waals surface area contributed by atoms with Gasteiger partial charge in [-0.05, 0) is 24.3 Å². The second-order valence-corrected chi connectivity index (χ2v) is 8.76. The van der Waals surface area contributed by atoms with Gasteiger partial charge in [-0.3, -0.25) is 29.4 Å². The van der Waals surface area contributed by atoms with Gasteiger partial charge >= 0.3 is 0 Å². The molecule has 1 N–H and O–H groups in total. The molecule has 0 bridgehead atoms. The highest BCUT2D eigenvalue weighted by Gasteiger charge is 2.41. The quantitative estimate of drug-likeness (QED) is 0.359. The number of sulfonamides is 1. The van der Waals surface area contributed by atoms with Gasteiger partial charge in [0, 0.05) is 24.8 Å². The molecule has 3 amide bonds. The number of amides is 3. The second kappa shape index (κ2) is 8.85. The minimum atomic E-state index is -3.75. The van der Waals surface area contributed by atoms with E-state index in [0.717, 1.165) is 6.07 Å². The Morgan fingerprint density at radius 1 is 1.09 bits per heavy atom. The SMILES string of the molecule is CCN(CC)S(=O)(=O)c1cccc(NC(=O)CN2C(=O)c3cccc([N+](=O)[O-])c3C2=O)c1. The summed E-state index contributed by atoms with van der Waals surface area (Å²) >= 11 is 0. The predicted molar refractivity (Wildman–Crippen MR) is 114 cm³/mol. The molecule has 0 fully saturated rings. The van der Waals surface area contributed by atoms with Gasteiger partial charge in [0.05, 0.1) is 15.4 Å². The van der Waals surface area contributed by atoms with Crippen LogP contribution in [0.4, 0.5) is 11.4 Å². The normalized spacial score (nSPS) is 13.4. The van der Waals surface area contributed by atoms with Crippen molar-refractivity contribution in [2.45, 2.75) is 18.7 Å². The first kappa shape index (κ1) is 23.0. The minimum Gasteiger partial charge on any atom is -0.324 e. The van der Waals surface area contributed by atoms with E-state index in [0.29, 0.717) is 4.90 Å². The van der Waals surface area contributed by atoms with Crippen LogP contribution in [0.5, 0.6) is 0 Å². The monoisotopic (exact) mass is 460 g/mol. The van der Waals surface area contributed by atoms with Crippen LogP contribution in [0.3, 0.4) is 0 Å². The Balaban J connectivity index is 1.79. The van der Waals surface area contributed by atoms with E-state index in [1.165, 1.54) is 40.7 Å². The van der Waals surface area contributed by atoms with Crippen molar-refractivity contribution >= 4 is 39.1 Å². The summed E-state index contributed by atoms with van der Waals surface area (Å²) in [4.78, 5) is 48.6. The fourth-order valence-electron chi connectivity index (χ4n) is 3.40. The van der Waals surface area contributed by atoms with Crippen LogP contribution in [0.15, 0.2) is 47.4 Å². The Kier molecular flexibility index (Phi) is 6.37. The number of nitrogens with one attached hydrogen (secondary N) is 1. The lowest BCUT2D eigenvalue weighted by Gasteiger charge is -2.19. The van der Waals surface area contributed by atoms with Crippen molar-refractivity contribution in [1.82, 2.24) is 9.21 Å². The third-order valence-electron chi connectivity index (χ3n) is 4.94. The number of imide groups is 1. The zero-order valence-corrected chi connectivity index (χ0v) is 18.1. The van der Waals surface area contributed by atoms with Gasteiger partial charge in [0.15, 0.2) is 0 Å². The number of hydrogen-bond acceptors (Lipinski definition) is 7. The molecule has 1 aliphatic rings. The first-order valence-corrected chi connectivity index (χ1v) is 11.1. The van der Waals surface area contributed by atoms with Gasteiger partial charge in [0.2, 0.25) is 15.9 Å². The molecule has 0 atom stereocenters. The molecule has 1 aliphatic heterocycles. The Morgan fingerprint density at radius 2 is 1.75 bits per heavy atom. The zero-order chi connectivity index (χ0) is 23.6. The molecule has 12 heteroatoms. The van der Waals surface area contributed by atoms with Gasteiger partial charge in [0.1, 0.15) is 12.1 Å². The zero-order valence-electron chi connectivity index (χ0n) is 17.3. The Labute approximate surface area is 183 Å². The van der Waals surface area contributed by atoms with Crippen LogP contribution in [0.2, 0.25) is 0 Å². The molecule has 32 heavy (non-hydrogen) atoms. The van der Waals surface area contributed by atoms with Crippen LogP contribution in [-0.4, -0.2) is 59.9 Å². The van der Waals surface area contributed by atoms with Crippen molar-refractivity contribution in [2.75, 3.05) is 25.0 Å². The third-order valence-corrected chi connectivity index (χ3v) is 6.98. The number of carbonyl (C=O) groups is 3. The van der Waals surface area contributed by atoms with Gasteiger partial charge in [-0.25, -0.2) is 8.42 Å². The predicted octanol–water partition coefficient (Wildman–Crippen LogP) is 1.86. The van der Waals surface area contributed by atoms with E-state index < -0.39 is 44.9 Å². The Bertz CT molecular complexity index is 1220. The summed E-state index contributed by atoms with van der Waals surface area (Å²) in [7, 11) is -3.75. The number of benzene rings is 2. The minimum absolute atomic E-state index is 0.0182. The molecule has 0 saturated heterocycles. The van der Waals surface area contributed by atoms with E-state index in [1.807, 2.05) is 0 Å². The highest BCUT2D eigenvalue weighted by Crippen LogP contribution is 2.30. The van der Waals surface area contributed by atoms with E-state index in [-0.39, 0.29) is 34.8 Å². The highest BCUT2D eigenvalue weighted by molar-refractivity contribution is 7.89. The standard InChI is InChI=1S/C20H20N4O7S/c1-3-22(4-2)32(30,31)14-8-5-7-13(11-14)21-17(25)12-23-19(26)15-9-6-10-16(24(28)29)18(15)20(23)27/h5-11H,3-4,12H2,1-2H3,(H,21,25). The van der Waals surface area contributed by atoms with Gasteiger partial charge in [-0.1, -0.05) is 26.0 Å². The molecule has 0 aromatic heterocycles. The lowest BCUT2D eigenvalue weighted by molar-refractivity contribution is -0.385. The van der Waals surface area contributed by atoms with Crippen molar-refractivity contribution in [3.8, 4) is 0 Å². The first-order valence-electron chi connectivity index (χ1n) is 9.65. The maximum Gasteiger partial charge on any atom is 0.282 e. The largest absolute Gasteiger partial charge is 0.324 e. The average Bonchev–Trinajstić information content (AvgIpc) is 2.99. The molecule has 2 aromatic rings. The lowest BCUT2D eigenvalue weighted by atomic mass is 10.1. The first-order chi connectivity index (χ1) is 15.1. The molecule has 11 nitrogen and oxygen atoms in total. The smallest absolute Gasteiger partial charge is 0.282 e. The van der Waals surface area contributed by atoms with Crippen molar-refractivity contribution in [2.24, 2.45) is 0 Å². The van der Waals surface area contributed by atoms with Crippen molar-refractivity contribution in [1.29, 1.82) is 0 Å². The van der Waals surface area contributed by atoms with Crippen LogP contribution >= 0.6 is 0 Å². The average molecular weight is 460 g/mol. The molecule has 0 saturated carbocycles. The van der Waals surface area contributed by atoms with E-state index in [1.54, 1.807) is 13.8 Å². The molecular weight excluding hydrogens is 440 g/mol. The molecular formula is C20H20N4O7S. The lowest BCUT2D eigenvalue weighted by Crippen LogP contribution is -2.37. The third kappa shape index (κ3) is 4.09. The molecule has 1 heterocycles. The summed E-state index contributed by atoms with van der Waals surface area (Å²) in [5.74, 6) is -2.52. The number of fused-ring (bicyclic) bond motifs is 1. The molecule has 0 spiro atoms. The Hall–Kier alpha value is -3.64. The summed E-state index contributed by atoms with van der Waals surface area (Å²) in [6, 6.07) is 9.26. The van der Waals surface area contributed by atoms with Crippen molar-refractivity contribution in [3.05, 3.63) is 63.7 Å². The summed E-state index contributed by atoms with van der Waals surface area (Å²) in [5.41, 5.74) is -0.865. The van der Waals surface area contributed by atoms with Gasteiger partial charge in [0.25, 0.3) is 17.5 Å². The summed E-state index contributed by atoms with van der Waals surface area (Å²) in [5, 5.41) is 13.6. The fraction of sp³-hybridized carbons (Fsp3) is 0.250. The number of nitro benzene ring substituents is 1. The van der Waals surface area contributed by atoms with Crippen molar-refractivity contribution < 1.29 is 27.7 Å². The number of nitrogens with zero attached hydrogens (tertiary/aromatic N) is 3. The number of rotatable bonds is 8. The maximum absolute atomic E-state index is 12.7. The van der Waals surface area contributed by atoms with E-state index in [2.05, 4.69) is 5.32 Å².